The summed E-state index contributed by atoms with van der Waals surface area (Å²) in [6, 6.07) is 8.53. The van der Waals surface area contributed by atoms with Crippen LogP contribution < -0.4 is 10.2 Å². The molecule has 32 heavy (non-hydrogen) atoms. The van der Waals surface area contributed by atoms with E-state index in [4.69, 9.17) is 25.6 Å². The summed E-state index contributed by atoms with van der Waals surface area (Å²) in [5.41, 5.74) is -1.28. The van der Waals surface area contributed by atoms with Gasteiger partial charge in [0.2, 0.25) is 0 Å². The number of rotatable bonds is 6. The van der Waals surface area contributed by atoms with E-state index >= 15 is 4.39 Å². The van der Waals surface area contributed by atoms with Gasteiger partial charge in [-0.2, -0.15) is 0 Å². The standard InChI is InChI=1S/C21H24BClFNO6S/c1-13(26)29-12-14-8-6-11-17(18(14)23)32(27,28)25-16-10-7-9-15(19(16)24)22-30-20(2,3)21(4,5)31-22/h6-11,25H,12H2,1-5H3. The predicted octanol–water partition coefficient (Wildman–Crippen LogP) is 3.64. The van der Waals surface area contributed by atoms with E-state index < -0.39 is 40.1 Å². The molecule has 11 heteroatoms. The van der Waals surface area contributed by atoms with E-state index in [0.29, 0.717) is 5.56 Å². The Morgan fingerprint density at radius 2 is 1.72 bits per heavy atom. The number of hydrogen-bond donors (Lipinski definition) is 1. The van der Waals surface area contributed by atoms with Crippen LogP contribution in [0.2, 0.25) is 5.02 Å². The average Bonchev–Trinajstić information content (AvgIpc) is 2.89. The van der Waals surface area contributed by atoms with Crippen molar-refractivity contribution >= 4 is 45.9 Å². The highest BCUT2D eigenvalue weighted by Gasteiger charge is 2.52. The number of carbonyl (C=O) groups is 1. The summed E-state index contributed by atoms with van der Waals surface area (Å²) >= 11 is 6.24. The molecular formula is C21H24BClFNO6S. The highest BCUT2D eigenvalue weighted by molar-refractivity contribution is 7.92. The highest BCUT2D eigenvalue weighted by Crippen LogP contribution is 2.37. The maximum absolute atomic E-state index is 15.3. The predicted molar refractivity (Wildman–Crippen MR) is 120 cm³/mol. The second-order valence-electron chi connectivity index (χ2n) is 8.41. The van der Waals surface area contributed by atoms with Gasteiger partial charge in [0.1, 0.15) is 17.3 Å². The summed E-state index contributed by atoms with van der Waals surface area (Å²) < 4.78 is 60.1. The lowest BCUT2D eigenvalue weighted by Gasteiger charge is -2.32. The van der Waals surface area contributed by atoms with Gasteiger partial charge in [-0.3, -0.25) is 9.52 Å². The van der Waals surface area contributed by atoms with Gasteiger partial charge in [0, 0.05) is 17.9 Å². The third-order valence-electron chi connectivity index (χ3n) is 5.54. The molecule has 172 valence electrons. The average molecular weight is 484 g/mol. The van der Waals surface area contributed by atoms with E-state index in [2.05, 4.69) is 4.72 Å². The smallest absolute Gasteiger partial charge is 0.461 e. The molecule has 0 atom stereocenters. The summed E-state index contributed by atoms with van der Waals surface area (Å²) in [6.45, 7) is 8.38. The lowest BCUT2D eigenvalue weighted by Crippen LogP contribution is -2.41. The minimum absolute atomic E-state index is 0.0681. The zero-order valence-electron chi connectivity index (χ0n) is 18.4. The second kappa shape index (κ2) is 8.66. The number of benzene rings is 2. The fourth-order valence-electron chi connectivity index (χ4n) is 3.04. The number of esters is 1. The van der Waals surface area contributed by atoms with Crippen molar-refractivity contribution in [2.45, 2.75) is 57.3 Å². The minimum atomic E-state index is -4.26. The van der Waals surface area contributed by atoms with Gasteiger partial charge in [0.25, 0.3) is 10.0 Å². The number of anilines is 1. The summed E-state index contributed by atoms with van der Waals surface area (Å²) in [5, 5.41) is -0.122. The van der Waals surface area contributed by atoms with Crippen LogP contribution in [0.3, 0.4) is 0 Å². The zero-order chi connectivity index (χ0) is 23.9. The van der Waals surface area contributed by atoms with Crippen LogP contribution in [0, 0.1) is 5.82 Å². The second-order valence-corrected chi connectivity index (χ2v) is 10.4. The van der Waals surface area contributed by atoms with E-state index in [0.717, 1.165) is 0 Å². The van der Waals surface area contributed by atoms with Gasteiger partial charge in [-0.05, 0) is 39.8 Å². The third kappa shape index (κ3) is 4.78. The van der Waals surface area contributed by atoms with Crippen molar-refractivity contribution in [3.63, 3.8) is 0 Å². The molecule has 1 fully saturated rings. The number of halogens is 2. The van der Waals surface area contributed by atoms with E-state index in [1.165, 1.54) is 43.3 Å². The zero-order valence-corrected chi connectivity index (χ0v) is 19.9. The first kappa shape index (κ1) is 24.5. The molecule has 0 bridgehead atoms. The molecule has 1 saturated heterocycles. The molecule has 0 spiro atoms. The van der Waals surface area contributed by atoms with Gasteiger partial charge < -0.3 is 14.0 Å². The minimum Gasteiger partial charge on any atom is -0.461 e. The molecule has 3 rings (SSSR count). The lowest BCUT2D eigenvalue weighted by molar-refractivity contribution is -0.142. The molecule has 0 saturated carbocycles. The Morgan fingerprint density at radius 1 is 1.12 bits per heavy atom. The monoisotopic (exact) mass is 483 g/mol. The van der Waals surface area contributed by atoms with Crippen LogP contribution >= 0.6 is 11.6 Å². The van der Waals surface area contributed by atoms with E-state index in [9.17, 15) is 13.2 Å². The maximum Gasteiger partial charge on any atom is 0.497 e. The van der Waals surface area contributed by atoms with Crippen molar-refractivity contribution in [2.75, 3.05) is 4.72 Å². The third-order valence-corrected chi connectivity index (χ3v) is 7.51. The van der Waals surface area contributed by atoms with Crippen molar-refractivity contribution in [1.82, 2.24) is 0 Å². The summed E-state index contributed by atoms with van der Waals surface area (Å²) in [6.07, 6.45) is 0. The van der Waals surface area contributed by atoms with Gasteiger partial charge in [-0.1, -0.05) is 35.9 Å². The molecular weight excluding hydrogens is 460 g/mol. The van der Waals surface area contributed by atoms with Crippen LogP contribution in [0.15, 0.2) is 41.3 Å². The van der Waals surface area contributed by atoms with Crippen LogP contribution in [-0.4, -0.2) is 32.7 Å². The summed E-state index contributed by atoms with van der Waals surface area (Å²) in [7, 11) is -5.26. The van der Waals surface area contributed by atoms with Gasteiger partial charge in [-0.15, -0.1) is 0 Å². The van der Waals surface area contributed by atoms with Gasteiger partial charge in [0.15, 0.2) is 0 Å². The summed E-state index contributed by atoms with van der Waals surface area (Å²) in [4.78, 5) is 10.8. The molecule has 0 amide bonds. The van der Waals surface area contributed by atoms with E-state index in [1.807, 2.05) is 27.7 Å². The van der Waals surface area contributed by atoms with Gasteiger partial charge >= 0.3 is 13.1 Å². The van der Waals surface area contributed by atoms with Crippen LogP contribution in [0.1, 0.15) is 40.2 Å². The van der Waals surface area contributed by atoms with Gasteiger partial charge in [0.05, 0.1) is 21.9 Å². The fraction of sp³-hybridized carbons (Fsp3) is 0.381. The Morgan fingerprint density at radius 3 is 2.31 bits per heavy atom. The van der Waals surface area contributed by atoms with Gasteiger partial charge in [-0.25, -0.2) is 12.8 Å². The number of nitrogens with one attached hydrogen (secondary N) is 1. The van der Waals surface area contributed by atoms with Crippen LogP contribution in [0.25, 0.3) is 0 Å². The first-order valence-electron chi connectivity index (χ1n) is 9.83. The Balaban J connectivity index is 1.91. The van der Waals surface area contributed by atoms with E-state index in [-0.39, 0.29) is 27.7 Å². The van der Waals surface area contributed by atoms with Crippen molar-refractivity contribution in [3.05, 3.63) is 52.8 Å². The van der Waals surface area contributed by atoms with Crippen molar-refractivity contribution in [1.29, 1.82) is 0 Å². The first-order valence-corrected chi connectivity index (χ1v) is 11.7. The molecule has 0 radical (unpaired) electrons. The quantitative estimate of drug-likeness (QED) is 0.498. The highest BCUT2D eigenvalue weighted by atomic mass is 35.5. The Labute approximate surface area is 192 Å². The lowest BCUT2D eigenvalue weighted by atomic mass is 9.78. The van der Waals surface area contributed by atoms with Crippen LogP contribution in [0.5, 0.6) is 0 Å². The molecule has 1 aliphatic rings. The molecule has 7 nitrogen and oxygen atoms in total. The number of sulfonamides is 1. The normalized spacial score (nSPS) is 17.3. The van der Waals surface area contributed by atoms with Crippen LogP contribution in [-0.2, 0) is 35.5 Å². The molecule has 0 aromatic heterocycles. The Hall–Kier alpha value is -2.14. The topological polar surface area (TPSA) is 90.9 Å². The molecule has 2 aromatic carbocycles. The fourth-order valence-corrected chi connectivity index (χ4v) is 4.70. The number of carbonyl (C=O) groups excluding carboxylic acids is 1. The van der Waals surface area contributed by atoms with Crippen molar-refractivity contribution in [3.8, 4) is 0 Å². The van der Waals surface area contributed by atoms with Crippen LogP contribution in [0.4, 0.5) is 10.1 Å². The molecule has 0 unspecified atom stereocenters. The maximum atomic E-state index is 15.3. The summed E-state index contributed by atoms with van der Waals surface area (Å²) in [5.74, 6) is -1.35. The molecule has 1 heterocycles. The molecule has 1 aliphatic heterocycles. The molecule has 0 aliphatic carbocycles. The SMILES string of the molecule is CC(=O)OCc1cccc(S(=O)(=O)Nc2cccc(B3OC(C)(C)C(C)(C)O3)c2F)c1Cl. The molecule has 2 aromatic rings. The Bertz CT molecular complexity index is 1140. The number of hydrogen-bond acceptors (Lipinski definition) is 6. The first-order chi connectivity index (χ1) is 14.7. The van der Waals surface area contributed by atoms with Crippen molar-refractivity contribution < 1.29 is 31.6 Å². The Kier molecular flexibility index (Phi) is 6.63. The largest absolute Gasteiger partial charge is 0.497 e. The number of ether oxygens (including phenoxy) is 1. The molecule has 1 N–H and O–H groups in total. The van der Waals surface area contributed by atoms with E-state index in [1.54, 1.807) is 0 Å². The van der Waals surface area contributed by atoms with Crippen molar-refractivity contribution in [2.24, 2.45) is 0 Å².